The Balaban J connectivity index is 1.97. The molecule has 1 aromatic heterocycles. The lowest BCUT2D eigenvalue weighted by atomic mass is 9.83. The van der Waals surface area contributed by atoms with Crippen molar-refractivity contribution < 1.29 is 4.42 Å². The molecule has 2 rings (SSSR count). The van der Waals surface area contributed by atoms with Crippen LogP contribution in [0.5, 0.6) is 0 Å². The van der Waals surface area contributed by atoms with Crippen LogP contribution >= 0.6 is 0 Å². The Morgan fingerprint density at radius 1 is 1.42 bits per heavy atom. The number of aromatic nitrogens is 1. The first-order valence-electron chi connectivity index (χ1n) is 7.10. The molecule has 0 unspecified atom stereocenters. The van der Waals surface area contributed by atoms with Crippen molar-refractivity contribution in [3.05, 3.63) is 23.6 Å². The summed E-state index contributed by atoms with van der Waals surface area (Å²) in [5.74, 6) is 0. The Hall–Kier alpha value is -1.29. The van der Waals surface area contributed by atoms with Crippen molar-refractivity contribution in [3.63, 3.8) is 0 Å². The predicted octanol–water partition coefficient (Wildman–Crippen LogP) is 2.97. The van der Waals surface area contributed by atoms with Gasteiger partial charge in [-0.2, -0.15) is 4.98 Å². The maximum atomic E-state index is 5.57. The third-order valence-electron chi connectivity index (χ3n) is 3.54. The molecule has 0 aliphatic carbocycles. The molecule has 0 fully saturated rings. The van der Waals surface area contributed by atoms with Crippen LogP contribution in [0, 0.1) is 5.41 Å². The van der Waals surface area contributed by atoms with Gasteiger partial charge in [0.1, 0.15) is 6.26 Å². The SMILES string of the molecule is CCNCc1coc(N2CC=C(C(C)(C)C)CC2)n1. The fraction of sp³-hybridized carbons (Fsp3) is 0.667. The van der Waals surface area contributed by atoms with E-state index in [9.17, 15) is 0 Å². The molecule has 1 N–H and O–H groups in total. The van der Waals surface area contributed by atoms with Crippen LogP contribution in [0.25, 0.3) is 0 Å². The molecule has 106 valence electrons. The molecule has 1 aromatic rings. The molecule has 19 heavy (non-hydrogen) atoms. The number of nitrogens with one attached hydrogen (secondary N) is 1. The molecule has 1 aliphatic rings. The lowest BCUT2D eigenvalue weighted by molar-refractivity contribution is 0.463. The molecule has 0 saturated carbocycles. The van der Waals surface area contributed by atoms with E-state index in [1.54, 1.807) is 6.26 Å². The minimum atomic E-state index is 0.277. The van der Waals surface area contributed by atoms with Crippen LogP contribution in [-0.4, -0.2) is 24.6 Å². The first kappa shape index (κ1) is 14.1. The van der Waals surface area contributed by atoms with E-state index in [2.05, 4.69) is 49.0 Å². The summed E-state index contributed by atoms with van der Waals surface area (Å²) in [4.78, 5) is 6.73. The van der Waals surface area contributed by atoms with Gasteiger partial charge < -0.3 is 14.6 Å². The highest BCUT2D eigenvalue weighted by atomic mass is 16.4. The van der Waals surface area contributed by atoms with Crippen molar-refractivity contribution in [1.29, 1.82) is 0 Å². The summed E-state index contributed by atoms with van der Waals surface area (Å²) >= 11 is 0. The lowest BCUT2D eigenvalue weighted by Gasteiger charge is -2.31. The van der Waals surface area contributed by atoms with Crippen LogP contribution in [0.1, 0.15) is 39.8 Å². The largest absolute Gasteiger partial charge is 0.432 e. The van der Waals surface area contributed by atoms with Gasteiger partial charge in [-0.05, 0) is 18.4 Å². The van der Waals surface area contributed by atoms with Crippen molar-refractivity contribution in [3.8, 4) is 0 Å². The summed E-state index contributed by atoms with van der Waals surface area (Å²) in [7, 11) is 0. The van der Waals surface area contributed by atoms with E-state index in [1.807, 2.05) is 0 Å². The average molecular weight is 263 g/mol. The normalized spacial score (nSPS) is 16.6. The zero-order chi connectivity index (χ0) is 13.9. The van der Waals surface area contributed by atoms with Crippen LogP contribution in [0.2, 0.25) is 0 Å². The molecule has 0 radical (unpaired) electrons. The van der Waals surface area contributed by atoms with E-state index >= 15 is 0 Å². The van der Waals surface area contributed by atoms with E-state index < -0.39 is 0 Å². The van der Waals surface area contributed by atoms with Gasteiger partial charge in [-0.1, -0.05) is 39.3 Å². The number of rotatable bonds is 4. The summed E-state index contributed by atoms with van der Waals surface area (Å²) < 4.78 is 5.57. The number of hydrogen-bond acceptors (Lipinski definition) is 4. The molecular formula is C15H25N3O. The van der Waals surface area contributed by atoms with Crippen LogP contribution in [0.15, 0.2) is 22.3 Å². The summed E-state index contributed by atoms with van der Waals surface area (Å²) in [6.07, 6.45) is 5.16. The smallest absolute Gasteiger partial charge is 0.297 e. The zero-order valence-electron chi connectivity index (χ0n) is 12.5. The molecule has 4 heteroatoms. The highest BCUT2D eigenvalue weighted by Crippen LogP contribution is 2.31. The number of hydrogen-bond donors (Lipinski definition) is 1. The van der Waals surface area contributed by atoms with Gasteiger partial charge in [0, 0.05) is 19.6 Å². The molecule has 0 atom stereocenters. The van der Waals surface area contributed by atoms with Gasteiger partial charge in [-0.3, -0.25) is 0 Å². The van der Waals surface area contributed by atoms with Crippen molar-refractivity contribution in [2.24, 2.45) is 5.41 Å². The molecule has 0 bridgehead atoms. The third kappa shape index (κ3) is 3.60. The quantitative estimate of drug-likeness (QED) is 0.848. The topological polar surface area (TPSA) is 41.3 Å². The Kier molecular flexibility index (Phi) is 4.30. The summed E-state index contributed by atoms with van der Waals surface area (Å²) in [5.41, 5.74) is 2.78. The van der Waals surface area contributed by atoms with E-state index in [4.69, 9.17) is 4.42 Å². The van der Waals surface area contributed by atoms with Crippen LogP contribution in [-0.2, 0) is 6.54 Å². The van der Waals surface area contributed by atoms with Gasteiger partial charge in [0.05, 0.1) is 5.69 Å². The van der Waals surface area contributed by atoms with Crippen LogP contribution in [0.3, 0.4) is 0 Å². The van der Waals surface area contributed by atoms with Gasteiger partial charge in [0.15, 0.2) is 0 Å². The van der Waals surface area contributed by atoms with E-state index in [-0.39, 0.29) is 5.41 Å². The second-order valence-corrected chi connectivity index (χ2v) is 6.08. The second-order valence-electron chi connectivity index (χ2n) is 6.08. The third-order valence-corrected chi connectivity index (χ3v) is 3.54. The minimum absolute atomic E-state index is 0.277. The fourth-order valence-electron chi connectivity index (χ4n) is 2.30. The zero-order valence-corrected chi connectivity index (χ0v) is 12.5. The first-order valence-corrected chi connectivity index (χ1v) is 7.10. The molecule has 0 saturated heterocycles. The molecule has 0 aromatic carbocycles. The molecular weight excluding hydrogens is 238 g/mol. The van der Waals surface area contributed by atoms with E-state index in [0.29, 0.717) is 0 Å². The first-order chi connectivity index (χ1) is 9.00. The molecule has 2 heterocycles. The minimum Gasteiger partial charge on any atom is -0.432 e. The summed E-state index contributed by atoms with van der Waals surface area (Å²) in [6, 6.07) is 0.747. The maximum absolute atomic E-state index is 5.57. The Morgan fingerprint density at radius 3 is 2.79 bits per heavy atom. The molecule has 0 amide bonds. The standard InChI is InChI=1S/C15H25N3O/c1-5-16-10-13-11-19-14(17-13)18-8-6-12(7-9-18)15(2,3)4/h6,11,16H,5,7-10H2,1-4H3. The Labute approximate surface area is 115 Å². The molecule has 1 aliphatic heterocycles. The lowest BCUT2D eigenvalue weighted by Crippen LogP contribution is -2.31. The highest BCUT2D eigenvalue weighted by molar-refractivity contribution is 5.33. The van der Waals surface area contributed by atoms with Crippen LogP contribution < -0.4 is 10.2 Å². The van der Waals surface area contributed by atoms with Gasteiger partial charge in [-0.15, -0.1) is 0 Å². The highest BCUT2D eigenvalue weighted by Gasteiger charge is 2.23. The molecule has 4 nitrogen and oxygen atoms in total. The predicted molar refractivity (Wildman–Crippen MR) is 78.3 cm³/mol. The van der Waals surface area contributed by atoms with E-state index in [0.717, 1.165) is 44.3 Å². The maximum Gasteiger partial charge on any atom is 0.297 e. The summed E-state index contributed by atoms with van der Waals surface area (Å²) in [5, 5.41) is 3.25. The Bertz CT molecular complexity index is 442. The van der Waals surface area contributed by atoms with Crippen molar-refractivity contribution in [1.82, 2.24) is 10.3 Å². The van der Waals surface area contributed by atoms with E-state index in [1.165, 1.54) is 5.57 Å². The monoisotopic (exact) mass is 263 g/mol. The van der Waals surface area contributed by atoms with Crippen molar-refractivity contribution >= 4 is 6.01 Å². The van der Waals surface area contributed by atoms with Gasteiger partial charge >= 0.3 is 0 Å². The summed E-state index contributed by atoms with van der Waals surface area (Å²) in [6.45, 7) is 12.5. The van der Waals surface area contributed by atoms with Crippen LogP contribution in [0.4, 0.5) is 6.01 Å². The number of anilines is 1. The van der Waals surface area contributed by atoms with Gasteiger partial charge in [-0.25, -0.2) is 0 Å². The van der Waals surface area contributed by atoms with Crippen molar-refractivity contribution in [2.75, 3.05) is 24.5 Å². The number of oxazole rings is 1. The van der Waals surface area contributed by atoms with Crippen molar-refractivity contribution in [2.45, 2.75) is 40.7 Å². The molecule has 0 spiro atoms. The van der Waals surface area contributed by atoms with Gasteiger partial charge in [0.25, 0.3) is 6.01 Å². The average Bonchev–Trinajstić information content (AvgIpc) is 2.84. The fourth-order valence-corrected chi connectivity index (χ4v) is 2.30. The second kappa shape index (κ2) is 5.78. The van der Waals surface area contributed by atoms with Gasteiger partial charge in [0.2, 0.25) is 0 Å². The Morgan fingerprint density at radius 2 is 2.21 bits per heavy atom. The number of nitrogens with zero attached hydrogens (tertiary/aromatic N) is 2.